The third-order valence-electron chi connectivity index (χ3n) is 2.09. The summed E-state index contributed by atoms with van der Waals surface area (Å²) in [7, 11) is 5.95. The largest absolute Gasteiger partial charge is 0.378 e. The van der Waals surface area contributed by atoms with E-state index in [1.54, 1.807) is 7.11 Å². The van der Waals surface area contributed by atoms with Gasteiger partial charge in [-0.05, 0) is 14.1 Å². The second kappa shape index (κ2) is 4.93. The summed E-state index contributed by atoms with van der Waals surface area (Å²) in [5.41, 5.74) is 0. The molecule has 0 aromatic heterocycles. The van der Waals surface area contributed by atoms with E-state index in [0.717, 1.165) is 13.1 Å². The molecule has 0 unspecified atom stereocenters. The van der Waals surface area contributed by atoms with Crippen LogP contribution in [0, 0.1) is 0 Å². The van der Waals surface area contributed by atoms with Gasteiger partial charge in [-0.1, -0.05) is 0 Å². The van der Waals surface area contributed by atoms with Gasteiger partial charge < -0.3 is 15.0 Å². The van der Waals surface area contributed by atoms with Crippen LogP contribution in [0.3, 0.4) is 0 Å². The number of hydrogen-bond donors (Lipinski definition) is 1. The number of likely N-dealkylation sites (N-methyl/N-ethyl adjacent to an activating group) is 1. The second-order valence-electron chi connectivity index (χ2n) is 2.96. The molecule has 0 aromatic rings. The molecule has 0 amide bonds. The Morgan fingerprint density at radius 1 is 1.36 bits per heavy atom. The summed E-state index contributed by atoms with van der Waals surface area (Å²) in [5.74, 6) is 0. The molecule has 0 aliphatic carbocycles. The normalized spacial score (nSPS) is 30.5. The van der Waals surface area contributed by atoms with Gasteiger partial charge in [-0.25, -0.2) is 0 Å². The van der Waals surface area contributed by atoms with Gasteiger partial charge in [-0.2, -0.15) is 0 Å². The monoisotopic (exact) mass is 180 g/mol. The van der Waals surface area contributed by atoms with Gasteiger partial charge in [-0.3, -0.25) is 0 Å². The minimum atomic E-state index is 0. The second-order valence-corrected chi connectivity index (χ2v) is 2.96. The van der Waals surface area contributed by atoms with E-state index in [2.05, 4.69) is 24.3 Å². The van der Waals surface area contributed by atoms with Crippen molar-refractivity contribution in [1.82, 2.24) is 10.2 Å². The Labute approximate surface area is 74.5 Å². The Hall–Kier alpha value is 0.170. The highest BCUT2D eigenvalue weighted by Gasteiger charge is 2.27. The van der Waals surface area contributed by atoms with Gasteiger partial charge in [0.2, 0.25) is 0 Å². The maximum atomic E-state index is 5.28. The highest BCUT2D eigenvalue weighted by Crippen LogP contribution is 2.07. The number of ether oxygens (including phenoxy) is 1. The van der Waals surface area contributed by atoms with E-state index >= 15 is 0 Å². The average molecular weight is 181 g/mol. The minimum absolute atomic E-state index is 0. The molecule has 4 heteroatoms. The predicted molar refractivity (Wildman–Crippen MR) is 48.4 cm³/mol. The van der Waals surface area contributed by atoms with Crippen molar-refractivity contribution in [2.24, 2.45) is 0 Å². The summed E-state index contributed by atoms with van der Waals surface area (Å²) < 4.78 is 5.28. The first-order valence-corrected chi connectivity index (χ1v) is 3.65. The molecule has 3 nitrogen and oxygen atoms in total. The molecule has 68 valence electrons. The Bertz CT molecular complexity index is 111. The Kier molecular flexibility index (Phi) is 5.01. The molecule has 1 aliphatic rings. The zero-order valence-electron chi connectivity index (χ0n) is 7.33. The van der Waals surface area contributed by atoms with Crippen molar-refractivity contribution in [3.63, 3.8) is 0 Å². The van der Waals surface area contributed by atoms with Gasteiger partial charge in [0.05, 0.1) is 6.10 Å². The van der Waals surface area contributed by atoms with Crippen LogP contribution in [0.5, 0.6) is 0 Å². The first-order valence-electron chi connectivity index (χ1n) is 3.65. The average Bonchev–Trinajstić information content (AvgIpc) is 2.33. The van der Waals surface area contributed by atoms with Crippen LogP contribution in [0.25, 0.3) is 0 Å². The Balaban J connectivity index is 0.000001000. The molecular formula is C7H17ClN2O. The molecule has 1 saturated heterocycles. The van der Waals surface area contributed by atoms with Crippen molar-refractivity contribution in [3.05, 3.63) is 0 Å². The first-order chi connectivity index (χ1) is 4.75. The highest BCUT2D eigenvalue weighted by molar-refractivity contribution is 5.85. The highest BCUT2D eigenvalue weighted by atomic mass is 35.5. The van der Waals surface area contributed by atoms with E-state index in [9.17, 15) is 0 Å². The molecule has 0 bridgehead atoms. The first kappa shape index (κ1) is 11.2. The number of halogens is 1. The molecule has 1 rings (SSSR count). The molecule has 1 heterocycles. The minimum Gasteiger partial charge on any atom is -0.378 e. The topological polar surface area (TPSA) is 24.5 Å². The lowest BCUT2D eigenvalue weighted by Gasteiger charge is -2.23. The molecular weight excluding hydrogens is 164 g/mol. The number of rotatable bonds is 2. The summed E-state index contributed by atoms with van der Waals surface area (Å²) in [6, 6.07) is 0.546. The fraction of sp³-hybridized carbons (Fsp3) is 1.00. The van der Waals surface area contributed by atoms with Crippen LogP contribution in [0.1, 0.15) is 0 Å². The number of methoxy groups -OCH3 is 1. The molecule has 0 radical (unpaired) electrons. The van der Waals surface area contributed by atoms with Gasteiger partial charge in [0.15, 0.2) is 0 Å². The van der Waals surface area contributed by atoms with Crippen LogP contribution in [0.2, 0.25) is 0 Å². The SMILES string of the molecule is CO[C@H]1CNC[C@@H]1N(C)C.Cl. The van der Waals surface area contributed by atoms with E-state index in [1.807, 2.05) is 0 Å². The predicted octanol–water partition coefficient (Wildman–Crippen LogP) is -0.0434. The third kappa shape index (κ3) is 2.60. The van der Waals surface area contributed by atoms with Crippen LogP contribution in [0.4, 0.5) is 0 Å². The van der Waals surface area contributed by atoms with Crippen LogP contribution < -0.4 is 5.32 Å². The maximum Gasteiger partial charge on any atom is 0.0862 e. The Morgan fingerprint density at radius 3 is 2.36 bits per heavy atom. The Morgan fingerprint density at radius 2 is 2.00 bits per heavy atom. The summed E-state index contributed by atoms with van der Waals surface area (Å²) in [5, 5.41) is 3.29. The van der Waals surface area contributed by atoms with Crippen molar-refractivity contribution in [2.45, 2.75) is 12.1 Å². The fourth-order valence-electron chi connectivity index (χ4n) is 1.40. The van der Waals surface area contributed by atoms with Crippen molar-refractivity contribution < 1.29 is 4.74 Å². The van der Waals surface area contributed by atoms with Gasteiger partial charge in [0, 0.05) is 26.2 Å². The summed E-state index contributed by atoms with van der Waals surface area (Å²) >= 11 is 0. The lowest BCUT2D eigenvalue weighted by molar-refractivity contribution is 0.0636. The lowest BCUT2D eigenvalue weighted by atomic mass is 10.2. The van der Waals surface area contributed by atoms with Crippen molar-refractivity contribution in [1.29, 1.82) is 0 Å². The number of nitrogens with zero attached hydrogens (tertiary/aromatic N) is 1. The quantitative estimate of drug-likeness (QED) is 0.646. The standard InChI is InChI=1S/C7H16N2O.ClH/c1-9(2)6-4-8-5-7(6)10-3;/h6-8H,4-5H2,1-3H3;1H/t6-,7-;/m0./s1. The van der Waals surface area contributed by atoms with Crippen LogP contribution in [-0.4, -0.2) is 51.3 Å². The molecule has 2 atom stereocenters. The van der Waals surface area contributed by atoms with E-state index in [-0.39, 0.29) is 12.4 Å². The van der Waals surface area contributed by atoms with E-state index < -0.39 is 0 Å². The van der Waals surface area contributed by atoms with Crippen molar-refractivity contribution in [3.8, 4) is 0 Å². The summed E-state index contributed by atoms with van der Waals surface area (Å²) in [6.45, 7) is 2.03. The smallest absolute Gasteiger partial charge is 0.0862 e. The molecule has 0 aromatic carbocycles. The van der Waals surface area contributed by atoms with Gasteiger partial charge in [0.25, 0.3) is 0 Å². The van der Waals surface area contributed by atoms with Crippen molar-refractivity contribution >= 4 is 12.4 Å². The van der Waals surface area contributed by atoms with Crippen LogP contribution in [-0.2, 0) is 4.74 Å². The molecule has 0 saturated carbocycles. The van der Waals surface area contributed by atoms with Gasteiger partial charge >= 0.3 is 0 Å². The molecule has 1 fully saturated rings. The molecule has 1 aliphatic heterocycles. The van der Waals surface area contributed by atoms with E-state index in [0.29, 0.717) is 12.1 Å². The lowest BCUT2D eigenvalue weighted by Crippen LogP contribution is -2.38. The van der Waals surface area contributed by atoms with Crippen molar-refractivity contribution in [2.75, 3.05) is 34.3 Å². The number of nitrogens with one attached hydrogen (secondary N) is 1. The number of hydrogen-bond acceptors (Lipinski definition) is 3. The molecule has 0 spiro atoms. The zero-order valence-corrected chi connectivity index (χ0v) is 8.15. The maximum absolute atomic E-state index is 5.28. The summed E-state index contributed by atoms with van der Waals surface area (Å²) in [4.78, 5) is 2.20. The molecule has 11 heavy (non-hydrogen) atoms. The van der Waals surface area contributed by atoms with E-state index in [1.165, 1.54) is 0 Å². The van der Waals surface area contributed by atoms with Gasteiger partial charge in [-0.15, -0.1) is 12.4 Å². The molecule has 1 N–H and O–H groups in total. The van der Waals surface area contributed by atoms with Crippen LogP contribution in [0.15, 0.2) is 0 Å². The van der Waals surface area contributed by atoms with Crippen LogP contribution >= 0.6 is 12.4 Å². The summed E-state index contributed by atoms with van der Waals surface area (Å²) in [6.07, 6.45) is 0.370. The van der Waals surface area contributed by atoms with E-state index in [4.69, 9.17) is 4.74 Å². The third-order valence-corrected chi connectivity index (χ3v) is 2.09. The van der Waals surface area contributed by atoms with Gasteiger partial charge in [0.1, 0.15) is 0 Å². The zero-order chi connectivity index (χ0) is 7.56. The fourth-order valence-corrected chi connectivity index (χ4v) is 1.40.